The van der Waals surface area contributed by atoms with Crippen molar-refractivity contribution in [2.24, 2.45) is 0 Å². The van der Waals surface area contributed by atoms with Gasteiger partial charge in [0.25, 0.3) is 5.91 Å². The fraction of sp³-hybridized carbons (Fsp3) is 0.600. The molecule has 0 unspecified atom stereocenters. The topological polar surface area (TPSA) is 40.6 Å². The van der Waals surface area contributed by atoms with Gasteiger partial charge in [0.1, 0.15) is 6.04 Å². The van der Waals surface area contributed by atoms with Crippen LogP contribution in [0.4, 0.5) is 0 Å². The molecule has 108 valence electrons. The second-order valence-electron chi connectivity index (χ2n) is 5.58. The molecule has 0 bridgehead atoms. The maximum atomic E-state index is 12.6. The van der Waals surface area contributed by atoms with Crippen molar-refractivity contribution in [2.45, 2.75) is 45.2 Å². The lowest BCUT2D eigenvalue weighted by Crippen LogP contribution is -2.60. The second kappa shape index (κ2) is 5.20. The monoisotopic (exact) mass is 292 g/mol. The van der Waals surface area contributed by atoms with Crippen molar-refractivity contribution in [3.63, 3.8) is 0 Å². The van der Waals surface area contributed by atoms with E-state index in [9.17, 15) is 9.59 Å². The molecule has 3 rings (SSSR count). The molecule has 2 atom stereocenters. The summed E-state index contributed by atoms with van der Waals surface area (Å²) in [6, 6.07) is 3.80. The van der Waals surface area contributed by atoms with E-state index in [0.717, 1.165) is 30.7 Å². The Bertz CT molecular complexity index is 540. The maximum Gasteiger partial charge on any atom is 0.264 e. The second-order valence-corrected chi connectivity index (χ2v) is 6.75. The van der Waals surface area contributed by atoms with Gasteiger partial charge in [-0.1, -0.05) is 6.92 Å². The van der Waals surface area contributed by atoms with Crippen molar-refractivity contribution in [3.8, 4) is 0 Å². The molecule has 1 aromatic heterocycles. The zero-order valence-electron chi connectivity index (χ0n) is 12.0. The highest BCUT2D eigenvalue weighted by molar-refractivity contribution is 7.14. The van der Waals surface area contributed by atoms with Gasteiger partial charge in [-0.3, -0.25) is 9.59 Å². The number of thiophene rings is 1. The highest BCUT2D eigenvalue weighted by Crippen LogP contribution is 2.28. The first-order chi connectivity index (χ1) is 9.61. The summed E-state index contributed by atoms with van der Waals surface area (Å²) in [5, 5.41) is 0. The van der Waals surface area contributed by atoms with E-state index in [4.69, 9.17) is 0 Å². The van der Waals surface area contributed by atoms with Crippen LogP contribution in [0.2, 0.25) is 0 Å². The lowest BCUT2D eigenvalue weighted by atomic mass is 10.1. The van der Waals surface area contributed by atoms with Crippen LogP contribution in [0, 0.1) is 0 Å². The van der Waals surface area contributed by atoms with Crippen LogP contribution < -0.4 is 0 Å². The standard InChI is InChI=1S/C15H20N2O2S/c1-3-12-6-7-13(20-12)15(19)17-9-11-5-4-8-16(11)14(18)10(17)2/h6-7,10-11H,3-5,8-9H2,1-2H3/t10-,11-/m1/s1. The first-order valence-electron chi connectivity index (χ1n) is 7.32. The van der Waals surface area contributed by atoms with Crippen molar-refractivity contribution in [1.82, 2.24) is 9.80 Å². The van der Waals surface area contributed by atoms with Crippen molar-refractivity contribution in [1.29, 1.82) is 0 Å². The molecule has 0 radical (unpaired) electrons. The Labute approximate surface area is 123 Å². The van der Waals surface area contributed by atoms with Gasteiger partial charge in [-0.05, 0) is 38.3 Å². The molecule has 2 saturated heterocycles. The molecule has 3 heterocycles. The summed E-state index contributed by atoms with van der Waals surface area (Å²) >= 11 is 1.55. The minimum Gasteiger partial charge on any atom is -0.336 e. The Hall–Kier alpha value is -1.36. The van der Waals surface area contributed by atoms with Crippen LogP contribution in [-0.2, 0) is 11.2 Å². The Morgan fingerprint density at radius 1 is 1.45 bits per heavy atom. The summed E-state index contributed by atoms with van der Waals surface area (Å²) < 4.78 is 0. The molecule has 4 nitrogen and oxygen atoms in total. The summed E-state index contributed by atoms with van der Waals surface area (Å²) in [4.78, 5) is 30.7. The van der Waals surface area contributed by atoms with E-state index in [1.807, 2.05) is 24.0 Å². The van der Waals surface area contributed by atoms with E-state index >= 15 is 0 Å². The molecule has 0 N–H and O–H groups in total. The fourth-order valence-electron chi connectivity index (χ4n) is 3.16. The van der Waals surface area contributed by atoms with Gasteiger partial charge in [0, 0.05) is 24.0 Å². The quantitative estimate of drug-likeness (QED) is 0.838. The van der Waals surface area contributed by atoms with Crippen LogP contribution in [0.3, 0.4) is 0 Å². The highest BCUT2D eigenvalue weighted by Gasteiger charge is 2.42. The zero-order valence-corrected chi connectivity index (χ0v) is 12.8. The molecule has 20 heavy (non-hydrogen) atoms. The molecule has 0 spiro atoms. The smallest absolute Gasteiger partial charge is 0.264 e. The van der Waals surface area contributed by atoms with Crippen LogP contribution in [0.5, 0.6) is 0 Å². The van der Waals surface area contributed by atoms with E-state index in [1.54, 1.807) is 16.2 Å². The highest BCUT2D eigenvalue weighted by atomic mass is 32.1. The molecule has 1 aromatic rings. The Balaban J connectivity index is 1.82. The Kier molecular flexibility index (Phi) is 3.54. The molecule has 5 heteroatoms. The molecule has 0 aliphatic carbocycles. The van der Waals surface area contributed by atoms with Crippen molar-refractivity contribution in [2.75, 3.05) is 13.1 Å². The van der Waals surface area contributed by atoms with Crippen molar-refractivity contribution < 1.29 is 9.59 Å². The fourth-order valence-corrected chi connectivity index (χ4v) is 4.06. The molecule has 0 saturated carbocycles. The number of amides is 2. The minimum absolute atomic E-state index is 0.0158. The number of hydrogen-bond acceptors (Lipinski definition) is 3. The first kappa shape index (κ1) is 13.6. The average Bonchev–Trinajstić information content (AvgIpc) is 3.10. The molecule has 2 fully saturated rings. The summed E-state index contributed by atoms with van der Waals surface area (Å²) in [5.41, 5.74) is 0. The Morgan fingerprint density at radius 2 is 2.25 bits per heavy atom. The number of carbonyl (C=O) groups excluding carboxylic acids is 2. The van der Waals surface area contributed by atoms with Crippen LogP contribution in [-0.4, -0.2) is 46.8 Å². The molecule has 0 aromatic carbocycles. The van der Waals surface area contributed by atoms with Gasteiger partial charge in [-0.2, -0.15) is 0 Å². The minimum atomic E-state index is -0.330. The third-order valence-electron chi connectivity index (χ3n) is 4.37. The summed E-state index contributed by atoms with van der Waals surface area (Å²) in [5.74, 6) is 0.126. The van der Waals surface area contributed by atoms with E-state index in [0.29, 0.717) is 6.54 Å². The molecule has 2 aliphatic rings. The van der Waals surface area contributed by atoms with Gasteiger partial charge < -0.3 is 9.80 Å². The first-order valence-corrected chi connectivity index (χ1v) is 8.13. The van der Waals surface area contributed by atoms with Gasteiger partial charge in [0.05, 0.1) is 4.88 Å². The van der Waals surface area contributed by atoms with Crippen molar-refractivity contribution in [3.05, 3.63) is 21.9 Å². The number of rotatable bonds is 2. The lowest BCUT2D eigenvalue weighted by Gasteiger charge is -2.41. The van der Waals surface area contributed by atoms with Gasteiger partial charge in [-0.25, -0.2) is 0 Å². The number of aryl methyl sites for hydroxylation is 1. The van der Waals surface area contributed by atoms with E-state index < -0.39 is 0 Å². The number of fused-ring (bicyclic) bond motifs is 1. The van der Waals surface area contributed by atoms with Crippen LogP contribution in [0.25, 0.3) is 0 Å². The van der Waals surface area contributed by atoms with Crippen molar-refractivity contribution >= 4 is 23.2 Å². The molecular formula is C15H20N2O2S. The van der Waals surface area contributed by atoms with Gasteiger partial charge in [0.2, 0.25) is 5.91 Å². The number of carbonyl (C=O) groups is 2. The maximum absolute atomic E-state index is 12.6. The van der Waals surface area contributed by atoms with Gasteiger partial charge in [-0.15, -0.1) is 11.3 Å². The van der Waals surface area contributed by atoms with E-state index in [2.05, 4.69) is 6.92 Å². The van der Waals surface area contributed by atoms with E-state index in [-0.39, 0.29) is 23.9 Å². The summed E-state index contributed by atoms with van der Waals surface area (Å²) in [6.45, 7) is 5.48. The normalized spacial score (nSPS) is 26.0. The molecule has 2 amide bonds. The third-order valence-corrected chi connectivity index (χ3v) is 5.59. The van der Waals surface area contributed by atoms with Crippen LogP contribution >= 0.6 is 11.3 Å². The molecular weight excluding hydrogens is 272 g/mol. The third kappa shape index (κ3) is 2.14. The van der Waals surface area contributed by atoms with Gasteiger partial charge >= 0.3 is 0 Å². The number of nitrogens with zero attached hydrogens (tertiary/aromatic N) is 2. The predicted molar refractivity (Wildman–Crippen MR) is 78.9 cm³/mol. The average molecular weight is 292 g/mol. The van der Waals surface area contributed by atoms with Gasteiger partial charge in [0.15, 0.2) is 0 Å². The Morgan fingerprint density at radius 3 is 2.95 bits per heavy atom. The SMILES string of the molecule is CCc1ccc(C(=O)N2C[C@H]3CCCN3C(=O)[C@H]2C)s1. The van der Waals surface area contributed by atoms with Crippen LogP contribution in [0.15, 0.2) is 12.1 Å². The summed E-state index contributed by atoms with van der Waals surface area (Å²) in [6.07, 6.45) is 3.03. The molecule has 2 aliphatic heterocycles. The number of hydrogen-bond donors (Lipinski definition) is 0. The lowest BCUT2D eigenvalue weighted by molar-refractivity contribution is -0.141. The van der Waals surface area contributed by atoms with E-state index in [1.165, 1.54) is 4.88 Å². The predicted octanol–water partition coefficient (Wildman–Crippen LogP) is 2.15. The largest absolute Gasteiger partial charge is 0.336 e. The zero-order chi connectivity index (χ0) is 14.3. The number of piperazine rings is 1. The van der Waals surface area contributed by atoms with Crippen LogP contribution in [0.1, 0.15) is 41.2 Å². The summed E-state index contributed by atoms with van der Waals surface area (Å²) in [7, 11) is 0.